The van der Waals surface area contributed by atoms with E-state index in [1.54, 1.807) is 12.4 Å². The molecule has 0 aliphatic rings. The maximum Gasteiger partial charge on any atom is 0.154 e. The van der Waals surface area contributed by atoms with Crippen LogP contribution in [0.3, 0.4) is 0 Å². The van der Waals surface area contributed by atoms with Crippen molar-refractivity contribution in [1.82, 2.24) is 24.5 Å². The number of hydrogen-bond acceptors (Lipinski definition) is 5. The largest absolute Gasteiger partial charge is 0.368 e. The van der Waals surface area contributed by atoms with E-state index in [1.807, 2.05) is 30.7 Å². The summed E-state index contributed by atoms with van der Waals surface area (Å²) in [6.45, 7) is 4.88. The van der Waals surface area contributed by atoms with Crippen LogP contribution in [0.15, 0.2) is 55.4 Å². The highest BCUT2D eigenvalue weighted by atomic mass is 19.1. The van der Waals surface area contributed by atoms with E-state index in [2.05, 4.69) is 38.7 Å². The van der Waals surface area contributed by atoms with Crippen molar-refractivity contribution in [2.24, 2.45) is 0 Å². The molecule has 0 amide bonds. The van der Waals surface area contributed by atoms with Gasteiger partial charge in [-0.15, -0.1) is 0 Å². The molecular weight excluding hydrogens is 355 g/mol. The van der Waals surface area contributed by atoms with Gasteiger partial charge in [0.25, 0.3) is 0 Å². The number of fused-ring (bicyclic) bond motifs is 1. The third-order valence-corrected chi connectivity index (χ3v) is 4.55. The Morgan fingerprint density at radius 1 is 1.14 bits per heavy atom. The highest BCUT2D eigenvalue weighted by Crippen LogP contribution is 2.28. The fraction of sp³-hybridized carbons (Fsp3) is 0.238. The van der Waals surface area contributed by atoms with Crippen LogP contribution in [-0.2, 0) is 6.42 Å². The minimum Gasteiger partial charge on any atom is -0.368 e. The molecule has 0 unspecified atom stereocenters. The number of anilines is 1. The van der Waals surface area contributed by atoms with Gasteiger partial charge in [0.1, 0.15) is 11.3 Å². The third-order valence-electron chi connectivity index (χ3n) is 4.55. The lowest BCUT2D eigenvalue weighted by atomic mass is 10.1. The smallest absolute Gasteiger partial charge is 0.154 e. The van der Waals surface area contributed by atoms with Crippen molar-refractivity contribution in [3.8, 4) is 11.3 Å². The number of hydrogen-bond donors (Lipinski definition) is 1. The zero-order valence-electron chi connectivity index (χ0n) is 15.8. The molecule has 0 aliphatic carbocycles. The van der Waals surface area contributed by atoms with Gasteiger partial charge < -0.3 is 9.88 Å². The fourth-order valence-electron chi connectivity index (χ4n) is 3.14. The van der Waals surface area contributed by atoms with Gasteiger partial charge in [0.05, 0.1) is 23.7 Å². The van der Waals surface area contributed by atoms with Crippen molar-refractivity contribution in [1.29, 1.82) is 0 Å². The van der Waals surface area contributed by atoms with Crippen LogP contribution in [0.5, 0.6) is 0 Å². The molecule has 0 saturated carbocycles. The van der Waals surface area contributed by atoms with Gasteiger partial charge in [-0.2, -0.15) is 0 Å². The van der Waals surface area contributed by atoms with Crippen LogP contribution >= 0.6 is 0 Å². The average Bonchev–Trinajstić information content (AvgIpc) is 3.13. The Morgan fingerprint density at radius 2 is 2.04 bits per heavy atom. The summed E-state index contributed by atoms with van der Waals surface area (Å²) < 4.78 is 15.8. The molecule has 0 radical (unpaired) electrons. The van der Waals surface area contributed by atoms with Crippen molar-refractivity contribution in [2.45, 2.75) is 26.3 Å². The lowest BCUT2D eigenvalue weighted by Gasteiger charge is -2.12. The van der Waals surface area contributed by atoms with Crippen molar-refractivity contribution in [2.75, 3.05) is 11.9 Å². The van der Waals surface area contributed by atoms with Crippen LogP contribution < -0.4 is 5.32 Å². The molecule has 28 heavy (non-hydrogen) atoms. The van der Waals surface area contributed by atoms with Gasteiger partial charge in [-0.05, 0) is 44.0 Å². The zero-order chi connectivity index (χ0) is 19.5. The van der Waals surface area contributed by atoms with E-state index in [4.69, 9.17) is 4.98 Å². The van der Waals surface area contributed by atoms with Gasteiger partial charge in [0.2, 0.25) is 0 Å². The quantitative estimate of drug-likeness (QED) is 0.544. The van der Waals surface area contributed by atoms with Gasteiger partial charge >= 0.3 is 0 Å². The minimum absolute atomic E-state index is 0.245. The monoisotopic (exact) mass is 376 g/mol. The summed E-state index contributed by atoms with van der Waals surface area (Å²) in [5.41, 5.74) is 4.19. The second-order valence-electron chi connectivity index (χ2n) is 6.90. The first kappa shape index (κ1) is 18.0. The summed E-state index contributed by atoms with van der Waals surface area (Å²) in [7, 11) is 0. The van der Waals surface area contributed by atoms with E-state index in [9.17, 15) is 4.39 Å². The van der Waals surface area contributed by atoms with Crippen LogP contribution in [0, 0.1) is 5.82 Å². The summed E-state index contributed by atoms with van der Waals surface area (Å²) in [4.78, 5) is 17.4. The summed E-state index contributed by atoms with van der Waals surface area (Å²) in [5.74, 6) is 0.294. The Kier molecular flexibility index (Phi) is 4.97. The van der Waals surface area contributed by atoms with Gasteiger partial charge in [-0.1, -0.05) is 6.07 Å². The first-order valence-electron chi connectivity index (χ1n) is 9.23. The molecule has 142 valence electrons. The number of rotatable bonds is 6. The van der Waals surface area contributed by atoms with Crippen LogP contribution in [0.4, 0.5) is 10.2 Å². The molecule has 1 N–H and O–H groups in total. The summed E-state index contributed by atoms with van der Waals surface area (Å²) in [6, 6.07) is 7.59. The first-order chi connectivity index (χ1) is 13.6. The summed E-state index contributed by atoms with van der Waals surface area (Å²) in [6.07, 6.45) is 9.05. The lowest BCUT2D eigenvalue weighted by molar-refractivity contribution is 0.617. The van der Waals surface area contributed by atoms with Crippen LogP contribution in [0.1, 0.15) is 25.5 Å². The molecule has 0 saturated heterocycles. The van der Waals surface area contributed by atoms with E-state index >= 15 is 0 Å². The average molecular weight is 376 g/mol. The van der Waals surface area contributed by atoms with Crippen LogP contribution in [0.2, 0.25) is 0 Å². The third kappa shape index (κ3) is 3.69. The summed E-state index contributed by atoms with van der Waals surface area (Å²) in [5, 5.41) is 3.38. The van der Waals surface area contributed by atoms with Crippen molar-refractivity contribution >= 4 is 16.9 Å². The van der Waals surface area contributed by atoms with Gasteiger partial charge in [-0.25, -0.2) is 14.4 Å². The van der Waals surface area contributed by atoms with E-state index < -0.39 is 0 Å². The molecule has 0 aromatic carbocycles. The number of aromatic nitrogens is 5. The number of nitrogens with one attached hydrogen (secondary N) is 1. The van der Waals surface area contributed by atoms with E-state index in [-0.39, 0.29) is 11.9 Å². The van der Waals surface area contributed by atoms with E-state index in [1.165, 1.54) is 12.3 Å². The molecule has 7 heteroatoms. The Morgan fingerprint density at radius 3 is 2.79 bits per heavy atom. The second kappa shape index (κ2) is 7.72. The predicted octanol–water partition coefficient (Wildman–Crippen LogP) is 4.26. The molecule has 0 fully saturated rings. The van der Waals surface area contributed by atoms with Gasteiger partial charge in [0, 0.05) is 36.7 Å². The van der Waals surface area contributed by atoms with Crippen molar-refractivity contribution in [3.05, 3.63) is 66.8 Å². The maximum atomic E-state index is 13.7. The Bertz CT molecular complexity index is 1090. The SMILES string of the molecule is CC(C)n1cnc2c(NCCc3cccnc3)nc(-c3cncc(F)c3)cc21. The molecule has 4 aromatic heterocycles. The Balaban J connectivity index is 1.71. The molecular formula is C21H21FN6. The van der Waals surface area contributed by atoms with Gasteiger partial charge in [0.15, 0.2) is 5.82 Å². The number of halogens is 1. The van der Waals surface area contributed by atoms with Crippen LogP contribution in [0.25, 0.3) is 22.3 Å². The minimum atomic E-state index is -0.386. The Labute approximate surface area is 162 Å². The zero-order valence-corrected chi connectivity index (χ0v) is 15.8. The summed E-state index contributed by atoms with van der Waals surface area (Å²) >= 11 is 0. The number of pyridine rings is 3. The Hall–Kier alpha value is -3.35. The maximum absolute atomic E-state index is 13.7. The fourth-order valence-corrected chi connectivity index (χ4v) is 3.14. The highest BCUT2D eigenvalue weighted by molar-refractivity contribution is 5.89. The first-order valence-corrected chi connectivity index (χ1v) is 9.23. The number of nitrogens with zero attached hydrogens (tertiary/aromatic N) is 5. The van der Waals surface area contributed by atoms with E-state index in [0.29, 0.717) is 23.6 Å². The molecule has 4 heterocycles. The highest BCUT2D eigenvalue weighted by Gasteiger charge is 2.14. The standard InChI is InChI=1S/C21H21FN6/c1-14(2)28-13-26-20-19(28)9-18(16-8-17(22)12-24-11-16)27-21(20)25-7-5-15-4-3-6-23-10-15/h3-4,6,8-14H,5,7H2,1-2H3,(H,25,27). The van der Waals surface area contributed by atoms with E-state index in [0.717, 1.165) is 23.0 Å². The van der Waals surface area contributed by atoms with Crippen LogP contribution in [-0.4, -0.2) is 31.0 Å². The molecule has 0 aliphatic heterocycles. The van der Waals surface area contributed by atoms with Crippen molar-refractivity contribution < 1.29 is 4.39 Å². The molecule has 0 bridgehead atoms. The molecule has 6 nitrogen and oxygen atoms in total. The molecule has 0 atom stereocenters. The van der Waals surface area contributed by atoms with Gasteiger partial charge in [-0.3, -0.25) is 9.97 Å². The lowest BCUT2D eigenvalue weighted by Crippen LogP contribution is -2.08. The van der Waals surface area contributed by atoms with Crippen molar-refractivity contribution in [3.63, 3.8) is 0 Å². The number of imidazole rings is 1. The molecule has 4 aromatic rings. The topological polar surface area (TPSA) is 68.5 Å². The normalized spacial score (nSPS) is 11.3. The molecule has 0 spiro atoms. The molecule has 4 rings (SSSR count). The second-order valence-corrected chi connectivity index (χ2v) is 6.90. The predicted molar refractivity (Wildman–Crippen MR) is 108 cm³/mol.